The van der Waals surface area contributed by atoms with E-state index in [4.69, 9.17) is 14.8 Å². The van der Waals surface area contributed by atoms with Crippen molar-refractivity contribution in [2.45, 2.75) is 50.9 Å². The lowest BCUT2D eigenvalue weighted by Gasteiger charge is -2.36. The third-order valence-corrected chi connectivity index (χ3v) is 10.0. The summed E-state index contributed by atoms with van der Waals surface area (Å²) in [5.41, 5.74) is -1.20. The number of rotatable bonds is 12. The van der Waals surface area contributed by atoms with Crippen LogP contribution in [0.25, 0.3) is 33.8 Å². The number of fused-ring (bicyclic) bond motifs is 1. The zero-order valence-electron chi connectivity index (χ0n) is 28.9. The van der Waals surface area contributed by atoms with E-state index in [-0.39, 0.29) is 28.7 Å². The molecule has 3 aromatic heterocycles. The fourth-order valence-electron chi connectivity index (χ4n) is 7.49. The summed E-state index contributed by atoms with van der Waals surface area (Å²) in [7, 11) is 3.51. The number of nitrogens with one attached hydrogen (secondary N) is 1. The van der Waals surface area contributed by atoms with E-state index < -0.39 is 29.6 Å². The molecular weight excluding hydrogens is 692 g/mol. The maximum absolute atomic E-state index is 13.9. The average molecular weight is 734 g/mol. The van der Waals surface area contributed by atoms with Crippen molar-refractivity contribution in [2.75, 3.05) is 69.8 Å². The number of aromatic nitrogens is 4. The molecule has 0 radical (unpaired) electrons. The molecular formula is C36H41F6N7O3. The van der Waals surface area contributed by atoms with E-state index in [0.29, 0.717) is 42.7 Å². The van der Waals surface area contributed by atoms with Gasteiger partial charge in [-0.2, -0.15) is 26.3 Å². The molecule has 0 atom stereocenters. The number of hydrogen-bond acceptors (Lipinski definition) is 8. The molecule has 4 aromatic rings. The van der Waals surface area contributed by atoms with Crippen LogP contribution in [0.15, 0.2) is 42.6 Å². The van der Waals surface area contributed by atoms with Crippen LogP contribution in [0.1, 0.15) is 49.8 Å². The Morgan fingerprint density at radius 2 is 1.67 bits per heavy atom. The molecule has 1 aromatic carbocycles. The number of H-pyrrole nitrogens is 1. The highest BCUT2D eigenvalue weighted by Gasteiger charge is 2.45. The largest absolute Gasteiger partial charge is 0.481 e. The Balaban J connectivity index is 1.33. The Kier molecular flexibility index (Phi) is 10.7. The zero-order chi connectivity index (χ0) is 37.3. The fourth-order valence-corrected chi connectivity index (χ4v) is 7.49. The van der Waals surface area contributed by atoms with Crippen molar-refractivity contribution in [1.29, 1.82) is 0 Å². The van der Waals surface area contributed by atoms with E-state index in [2.05, 4.69) is 24.8 Å². The third-order valence-electron chi connectivity index (χ3n) is 10.0. The quantitative estimate of drug-likeness (QED) is 0.145. The van der Waals surface area contributed by atoms with Crippen molar-refractivity contribution in [3.05, 3.63) is 53.9 Å². The van der Waals surface area contributed by atoms with Gasteiger partial charge in [-0.3, -0.25) is 14.7 Å². The molecule has 1 saturated heterocycles. The number of carboxylic acid groups (broad SMARTS) is 1. The van der Waals surface area contributed by atoms with Gasteiger partial charge >= 0.3 is 18.3 Å². The van der Waals surface area contributed by atoms with Crippen LogP contribution in [0.3, 0.4) is 0 Å². The molecule has 10 nitrogen and oxygen atoms in total. The van der Waals surface area contributed by atoms with Crippen molar-refractivity contribution in [3.63, 3.8) is 0 Å². The van der Waals surface area contributed by atoms with Gasteiger partial charge in [0.15, 0.2) is 11.3 Å². The number of aliphatic carboxylic acids is 1. The van der Waals surface area contributed by atoms with E-state index in [1.807, 2.05) is 36.2 Å². The Morgan fingerprint density at radius 1 is 0.981 bits per heavy atom. The summed E-state index contributed by atoms with van der Waals surface area (Å²) >= 11 is 0. The lowest BCUT2D eigenvalue weighted by Crippen LogP contribution is -2.46. The number of benzene rings is 1. The van der Waals surface area contributed by atoms with Crippen molar-refractivity contribution in [1.82, 2.24) is 24.8 Å². The Labute approximate surface area is 296 Å². The van der Waals surface area contributed by atoms with Crippen molar-refractivity contribution in [2.24, 2.45) is 5.41 Å². The number of alkyl halides is 6. The van der Waals surface area contributed by atoms with Crippen LogP contribution in [0.5, 0.6) is 0 Å². The van der Waals surface area contributed by atoms with Crippen molar-refractivity contribution >= 4 is 28.5 Å². The summed E-state index contributed by atoms with van der Waals surface area (Å²) in [5.74, 6) is -0.323. The second-order valence-corrected chi connectivity index (χ2v) is 13.8. The normalized spacial score (nSPS) is 16.9. The number of pyridine rings is 2. The van der Waals surface area contributed by atoms with Crippen LogP contribution in [-0.2, 0) is 21.9 Å². The standard InChI is InChI=1S/C36H41F6N7O3/c1-47(21-34(22-52-2)11-3-4-12-34)28-19-27(24-18-26(35(37,38)39)31(43-20-24)36(40,41)42)44-33-30(28)45-32(46-33)23-7-9-25(10-8-23)49-16-14-48(15-17-49)13-5-6-29(50)51/h7-10,18-20H,3-6,11-17,21-22H2,1-2H3,(H,50,51)(H,44,45,46). The fraction of sp³-hybridized carbons (Fsp3) is 0.500. The van der Waals surface area contributed by atoms with Gasteiger partial charge in [0, 0.05) is 81.7 Å². The summed E-state index contributed by atoms with van der Waals surface area (Å²) in [6.07, 6.45) is -5.12. The molecule has 1 aliphatic carbocycles. The van der Waals surface area contributed by atoms with Crippen LogP contribution in [0, 0.1) is 5.41 Å². The number of anilines is 2. The van der Waals surface area contributed by atoms with Crippen LogP contribution in [0.4, 0.5) is 37.7 Å². The van der Waals surface area contributed by atoms with Crippen LogP contribution in [0.2, 0.25) is 0 Å². The highest BCUT2D eigenvalue weighted by Crippen LogP contribution is 2.43. The second kappa shape index (κ2) is 14.9. The van der Waals surface area contributed by atoms with Gasteiger partial charge in [-0.05, 0) is 62.2 Å². The van der Waals surface area contributed by atoms with Crippen molar-refractivity contribution < 1.29 is 41.0 Å². The number of methoxy groups -OCH3 is 1. The molecule has 0 bridgehead atoms. The van der Waals surface area contributed by atoms with Crippen LogP contribution >= 0.6 is 0 Å². The molecule has 1 saturated carbocycles. The smallest absolute Gasteiger partial charge is 0.433 e. The first-order valence-electron chi connectivity index (χ1n) is 17.2. The SMILES string of the molecule is COCC1(CN(C)c2cc(-c3cnc(C(F)(F)F)c(C(F)(F)F)c3)nc3nc(-c4ccc(N5CCN(CCCC(=O)O)CC5)cc4)[nH]c23)CCCC1. The van der Waals surface area contributed by atoms with Gasteiger partial charge in [0.05, 0.1) is 23.6 Å². The molecule has 0 amide bonds. The van der Waals surface area contributed by atoms with Crippen LogP contribution in [-0.4, -0.2) is 95.9 Å². The number of hydrogen-bond donors (Lipinski definition) is 2. The van der Waals surface area contributed by atoms with E-state index in [0.717, 1.165) is 75.9 Å². The second-order valence-electron chi connectivity index (χ2n) is 13.8. The maximum atomic E-state index is 13.9. The minimum Gasteiger partial charge on any atom is -0.481 e. The summed E-state index contributed by atoms with van der Waals surface area (Å²) in [6, 6.07) is 9.80. The van der Waals surface area contributed by atoms with Gasteiger partial charge in [-0.1, -0.05) is 12.8 Å². The molecule has 4 heterocycles. The monoisotopic (exact) mass is 733 g/mol. The van der Waals surface area contributed by atoms with E-state index >= 15 is 0 Å². The first kappa shape index (κ1) is 37.3. The molecule has 2 fully saturated rings. The highest BCUT2D eigenvalue weighted by molar-refractivity contribution is 5.91. The van der Waals surface area contributed by atoms with Crippen molar-refractivity contribution in [3.8, 4) is 22.6 Å². The Hall–Kier alpha value is -4.44. The molecule has 1 aliphatic heterocycles. The van der Waals surface area contributed by atoms with Gasteiger partial charge in [-0.15, -0.1) is 0 Å². The van der Waals surface area contributed by atoms with E-state index in [1.165, 1.54) is 0 Å². The minimum atomic E-state index is -5.30. The summed E-state index contributed by atoms with van der Waals surface area (Å²) in [5, 5.41) is 8.91. The molecule has 280 valence electrons. The van der Waals surface area contributed by atoms with E-state index in [9.17, 15) is 31.1 Å². The first-order valence-corrected chi connectivity index (χ1v) is 17.2. The molecule has 16 heteroatoms. The van der Waals surface area contributed by atoms with Crippen LogP contribution < -0.4 is 9.80 Å². The molecule has 0 unspecified atom stereocenters. The highest BCUT2D eigenvalue weighted by atomic mass is 19.4. The van der Waals surface area contributed by atoms with Gasteiger partial charge in [0.25, 0.3) is 0 Å². The zero-order valence-corrected chi connectivity index (χ0v) is 28.9. The lowest BCUT2D eigenvalue weighted by molar-refractivity contribution is -0.164. The topological polar surface area (TPSA) is 111 Å². The summed E-state index contributed by atoms with van der Waals surface area (Å²) in [4.78, 5) is 33.2. The predicted molar refractivity (Wildman–Crippen MR) is 184 cm³/mol. The minimum absolute atomic E-state index is 0.00351. The lowest BCUT2D eigenvalue weighted by atomic mass is 9.86. The average Bonchev–Trinajstić information content (AvgIpc) is 3.74. The Morgan fingerprint density at radius 3 is 2.29 bits per heavy atom. The van der Waals surface area contributed by atoms with Gasteiger partial charge in [0.2, 0.25) is 0 Å². The molecule has 6 rings (SSSR count). The molecule has 2 N–H and O–H groups in total. The number of halogens is 6. The molecule has 2 aliphatic rings. The van der Waals surface area contributed by atoms with E-state index in [1.54, 1.807) is 13.2 Å². The van der Waals surface area contributed by atoms with Gasteiger partial charge in [-0.25, -0.2) is 9.97 Å². The maximum Gasteiger partial charge on any atom is 0.433 e. The molecule has 0 spiro atoms. The third kappa shape index (κ3) is 8.27. The number of carbonyl (C=O) groups is 1. The number of aromatic amines is 1. The number of imidazole rings is 1. The number of ether oxygens (including phenoxy) is 1. The number of carboxylic acids is 1. The van der Waals surface area contributed by atoms with Gasteiger partial charge < -0.3 is 24.6 Å². The summed E-state index contributed by atoms with van der Waals surface area (Å²) in [6.45, 7) is 5.05. The summed E-state index contributed by atoms with van der Waals surface area (Å²) < 4.78 is 87.8. The Bertz CT molecular complexity index is 1870. The number of nitrogens with zero attached hydrogens (tertiary/aromatic N) is 6. The van der Waals surface area contributed by atoms with Gasteiger partial charge in [0.1, 0.15) is 11.3 Å². The first-order chi connectivity index (χ1) is 24.7. The number of piperazine rings is 1. The predicted octanol–water partition coefficient (Wildman–Crippen LogP) is 7.35. The molecule has 52 heavy (non-hydrogen) atoms.